The first kappa shape index (κ1) is 19.8. The van der Waals surface area contributed by atoms with Gasteiger partial charge in [0.15, 0.2) is 0 Å². The van der Waals surface area contributed by atoms with Gasteiger partial charge in [-0.3, -0.25) is 14.9 Å². The van der Waals surface area contributed by atoms with Crippen LogP contribution < -0.4 is 0 Å². The third-order valence-corrected chi connectivity index (χ3v) is 3.98. The average molecular weight is 402 g/mol. The lowest BCUT2D eigenvalue weighted by Gasteiger charge is -2.20. The van der Waals surface area contributed by atoms with E-state index < -0.39 is 41.0 Å². The van der Waals surface area contributed by atoms with E-state index in [-0.39, 0.29) is 6.61 Å². The van der Waals surface area contributed by atoms with Crippen LogP contribution in [-0.4, -0.2) is 42.4 Å². The summed E-state index contributed by atoms with van der Waals surface area (Å²) in [7, 11) is 1.03. The number of nitro groups is 1. The molecule has 0 amide bonds. The van der Waals surface area contributed by atoms with Crippen LogP contribution in [0.3, 0.4) is 0 Å². The summed E-state index contributed by atoms with van der Waals surface area (Å²) in [6, 6.07) is 4.62. The van der Waals surface area contributed by atoms with E-state index in [2.05, 4.69) is 20.7 Å². The second-order valence-electron chi connectivity index (χ2n) is 4.73. The third-order valence-electron chi connectivity index (χ3n) is 3.26. The Hall–Kier alpha value is -2.29. The molecule has 24 heavy (non-hydrogen) atoms. The Bertz CT molecular complexity index is 646. The summed E-state index contributed by atoms with van der Waals surface area (Å²) >= 11 is 3.24. The molecule has 0 radical (unpaired) electrons. The van der Waals surface area contributed by atoms with E-state index >= 15 is 0 Å². The van der Waals surface area contributed by atoms with Gasteiger partial charge in [0.25, 0.3) is 0 Å². The zero-order valence-electron chi connectivity index (χ0n) is 13.1. The van der Waals surface area contributed by atoms with Crippen LogP contribution in [0.2, 0.25) is 0 Å². The van der Waals surface area contributed by atoms with E-state index in [1.165, 1.54) is 13.0 Å². The number of nitrogens with zero attached hydrogens (tertiary/aromatic N) is 1. The van der Waals surface area contributed by atoms with Crippen molar-refractivity contribution in [3.05, 3.63) is 44.4 Å². The second kappa shape index (κ2) is 9.11. The van der Waals surface area contributed by atoms with Gasteiger partial charge in [-0.2, -0.15) is 0 Å². The lowest BCUT2D eigenvalue weighted by molar-refractivity contribution is -0.514. The standard InChI is InChI=1S/C15H16BrNO7/c1-3-24-15(20)13(17(21)22)10(8-12(18)14(19)23-2)9-6-4-5-7-11(9)16/h4-7,10,13H,3,8H2,1-2H3/t10-,13?/m1/s1. The first-order valence-corrected chi connectivity index (χ1v) is 7.78. The van der Waals surface area contributed by atoms with Crippen molar-refractivity contribution in [2.45, 2.75) is 25.3 Å². The number of methoxy groups -OCH3 is 1. The third kappa shape index (κ3) is 4.85. The molecule has 1 aromatic rings. The van der Waals surface area contributed by atoms with Gasteiger partial charge >= 0.3 is 18.0 Å². The molecular weight excluding hydrogens is 386 g/mol. The monoisotopic (exact) mass is 401 g/mol. The van der Waals surface area contributed by atoms with Crippen molar-refractivity contribution >= 4 is 33.7 Å². The van der Waals surface area contributed by atoms with Gasteiger partial charge in [0.2, 0.25) is 5.78 Å². The fraction of sp³-hybridized carbons (Fsp3) is 0.400. The van der Waals surface area contributed by atoms with Crippen molar-refractivity contribution in [1.82, 2.24) is 0 Å². The molecule has 0 aliphatic rings. The van der Waals surface area contributed by atoms with Crippen LogP contribution >= 0.6 is 15.9 Å². The van der Waals surface area contributed by atoms with Crippen molar-refractivity contribution in [2.75, 3.05) is 13.7 Å². The van der Waals surface area contributed by atoms with E-state index in [9.17, 15) is 24.5 Å². The van der Waals surface area contributed by atoms with Crippen LogP contribution in [0.5, 0.6) is 0 Å². The summed E-state index contributed by atoms with van der Waals surface area (Å²) in [6.45, 7) is 1.47. The topological polar surface area (TPSA) is 113 Å². The number of Topliss-reactive ketones (excluding diaryl/α,β-unsaturated/α-hetero) is 1. The van der Waals surface area contributed by atoms with Gasteiger partial charge in [-0.15, -0.1) is 0 Å². The number of hydrogen-bond donors (Lipinski definition) is 0. The Balaban J connectivity index is 3.32. The van der Waals surface area contributed by atoms with Crippen LogP contribution in [0.15, 0.2) is 28.7 Å². The van der Waals surface area contributed by atoms with E-state index in [1.54, 1.807) is 18.2 Å². The molecule has 1 unspecified atom stereocenters. The first-order valence-electron chi connectivity index (χ1n) is 6.99. The Morgan fingerprint density at radius 1 is 1.29 bits per heavy atom. The molecule has 0 heterocycles. The van der Waals surface area contributed by atoms with Crippen LogP contribution in [0.25, 0.3) is 0 Å². The smallest absolute Gasteiger partial charge is 0.382 e. The molecule has 130 valence electrons. The van der Waals surface area contributed by atoms with Gasteiger partial charge in [0.1, 0.15) is 0 Å². The summed E-state index contributed by atoms with van der Waals surface area (Å²) in [6.07, 6.45) is -0.556. The number of esters is 2. The summed E-state index contributed by atoms with van der Waals surface area (Å²) < 4.78 is 9.57. The van der Waals surface area contributed by atoms with Crippen molar-refractivity contribution < 1.29 is 28.8 Å². The molecule has 0 saturated heterocycles. The van der Waals surface area contributed by atoms with Gasteiger partial charge in [-0.05, 0) is 18.6 Å². The van der Waals surface area contributed by atoms with Gasteiger partial charge < -0.3 is 9.47 Å². The quantitative estimate of drug-likeness (QED) is 0.282. The maximum atomic E-state index is 12.0. The molecule has 9 heteroatoms. The maximum absolute atomic E-state index is 12.0. The van der Waals surface area contributed by atoms with E-state index in [0.717, 1.165) is 7.11 Å². The fourth-order valence-corrected chi connectivity index (χ4v) is 2.77. The van der Waals surface area contributed by atoms with E-state index in [1.807, 2.05) is 0 Å². The number of ether oxygens (including phenoxy) is 2. The van der Waals surface area contributed by atoms with Gasteiger partial charge in [-0.1, -0.05) is 34.1 Å². The fourth-order valence-electron chi connectivity index (χ4n) is 2.19. The Labute approximate surface area is 146 Å². The van der Waals surface area contributed by atoms with Crippen molar-refractivity contribution in [1.29, 1.82) is 0 Å². The van der Waals surface area contributed by atoms with Gasteiger partial charge in [0, 0.05) is 15.8 Å². The zero-order chi connectivity index (χ0) is 18.3. The average Bonchev–Trinajstić information content (AvgIpc) is 2.53. The number of carbonyl (C=O) groups is 3. The predicted octanol–water partition coefficient (Wildman–Crippen LogP) is 1.87. The molecule has 1 rings (SSSR count). The summed E-state index contributed by atoms with van der Waals surface area (Å²) in [4.78, 5) is 45.9. The van der Waals surface area contributed by atoms with Crippen LogP contribution in [0.1, 0.15) is 24.8 Å². The minimum atomic E-state index is -1.82. The minimum Gasteiger partial charge on any atom is -0.463 e. The molecule has 0 aromatic heterocycles. The SMILES string of the molecule is CCOC(=O)C([C@H](CC(=O)C(=O)OC)c1ccccc1Br)[N+](=O)[O-]. The number of hydrogen-bond acceptors (Lipinski definition) is 7. The first-order chi connectivity index (χ1) is 11.3. The number of ketones is 1. The molecule has 0 aliphatic heterocycles. The van der Waals surface area contributed by atoms with E-state index in [4.69, 9.17) is 4.74 Å². The molecule has 8 nitrogen and oxygen atoms in total. The number of carbonyl (C=O) groups excluding carboxylic acids is 3. The normalized spacial score (nSPS) is 12.8. The molecule has 0 saturated carbocycles. The van der Waals surface area contributed by atoms with Crippen LogP contribution in [-0.2, 0) is 23.9 Å². The Morgan fingerprint density at radius 2 is 1.92 bits per heavy atom. The zero-order valence-corrected chi connectivity index (χ0v) is 14.6. The van der Waals surface area contributed by atoms with Crippen molar-refractivity contribution in [2.24, 2.45) is 0 Å². The molecule has 0 bridgehead atoms. The molecule has 1 aromatic carbocycles. The molecule has 2 atom stereocenters. The largest absolute Gasteiger partial charge is 0.463 e. The Morgan fingerprint density at radius 3 is 2.42 bits per heavy atom. The summed E-state index contributed by atoms with van der Waals surface area (Å²) in [5.74, 6) is -4.34. The van der Waals surface area contributed by atoms with Crippen molar-refractivity contribution in [3.63, 3.8) is 0 Å². The minimum absolute atomic E-state index is 0.0448. The van der Waals surface area contributed by atoms with Crippen LogP contribution in [0.4, 0.5) is 0 Å². The molecule has 0 spiro atoms. The van der Waals surface area contributed by atoms with Gasteiger partial charge in [-0.25, -0.2) is 9.59 Å². The molecular formula is C15H16BrNO7. The summed E-state index contributed by atoms with van der Waals surface area (Å²) in [5, 5.41) is 11.4. The predicted molar refractivity (Wildman–Crippen MR) is 85.9 cm³/mol. The molecule has 0 fully saturated rings. The molecule has 0 aliphatic carbocycles. The lowest BCUT2D eigenvalue weighted by Crippen LogP contribution is -2.39. The maximum Gasteiger partial charge on any atom is 0.382 e. The summed E-state index contributed by atoms with van der Waals surface area (Å²) in [5.41, 5.74) is 0.351. The Kier molecular flexibility index (Phi) is 7.50. The van der Waals surface area contributed by atoms with Crippen molar-refractivity contribution in [3.8, 4) is 0 Å². The highest BCUT2D eigenvalue weighted by molar-refractivity contribution is 9.10. The number of benzene rings is 1. The highest BCUT2D eigenvalue weighted by Gasteiger charge is 2.43. The molecule has 0 N–H and O–H groups in total. The number of rotatable bonds is 8. The second-order valence-corrected chi connectivity index (χ2v) is 5.58. The highest BCUT2D eigenvalue weighted by Crippen LogP contribution is 2.32. The van der Waals surface area contributed by atoms with E-state index in [0.29, 0.717) is 10.0 Å². The lowest BCUT2D eigenvalue weighted by atomic mass is 9.87. The van der Waals surface area contributed by atoms with Gasteiger partial charge in [0.05, 0.1) is 19.6 Å². The highest BCUT2D eigenvalue weighted by atomic mass is 79.9. The van der Waals surface area contributed by atoms with Crippen LogP contribution in [0, 0.1) is 10.1 Å². The number of halogens is 1.